The predicted octanol–water partition coefficient (Wildman–Crippen LogP) is 1.36. The summed E-state index contributed by atoms with van der Waals surface area (Å²) < 4.78 is 0. The summed E-state index contributed by atoms with van der Waals surface area (Å²) in [5, 5.41) is 3.44. The van der Waals surface area contributed by atoms with Gasteiger partial charge in [-0.2, -0.15) is 0 Å². The standard InChI is InChI=1S/C15H21N3O/c1-11-2-4-13(5-3-11)17-15(14(16)19)10-18-8-6-12(15)7-9-18/h2-5,12,17H,6-10H2,1H3,(H2,16,19). The van der Waals surface area contributed by atoms with E-state index in [1.54, 1.807) is 0 Å². The van der Waals surface area contributed by atoms with E-state index >= 15 is 0 Å². The number of primary amides is 1. The lowest BCUT2D eigenvalue weighted by Gasteiger charge is -2.52. The summed E-state index contributed by atoms with van der Waals surface area (Å²) in [5.41, 5.74) is 7.35. The van der Waals surface area contributed by atoms with Crippen LogP contribution in [0.2, 0.25) is 0 Å². The maximum atomic E-state index is 12.1. The highest BCUT2D eigenvalue weighted by molar-refractivity contribution is 5.89. The van der Waals surface area contributed by atoms with Gasteiger partial charge in [0.2, 0.25) is 5.91 Å². The van der Waals surface area contributed by atoms with E-state index in [0.717, 1.165) is 38.2 Å². The van der Waals surface area contributed by atoms with Crippen LogP contribution < -0.4 is 11.1 Å². The zero-order valence-corrected chi connectivity index (χ0v) is 11.4. The lowest BCUT2D eigenvalue weighted by molar-refractivity contribution is -0.128. The Labute approximate surface area is 114 Å². The Balaban J connectivity index is 1.89. The van der Waals surface area contributed by atoms with Gasteiger partial charge < -0.3 is 16.0 Å². The smallest absolute Gasteiger partial charge is 0.244 e. The van der Waals surface area contributed by atoms with Gasteiger partial charge in [0, 0.05) is 12.2 Å². The van der Waals surface area contributed by atoms with Crippen LogP contribution in [0.4, 0.5) is 5.69 Å². The number of carbonyl (C=O) groups is 1. The molecule has 0 aliphatic carbocycles. The second-order valence-electron chi connectivity index (χ2n) is 5.88. The van der Waals surface area contributed by atoms with Crippen LogP contribution >= 0.6 is 0 Å². The Morgan fingerprint density at radius 3 is 2.42 bits per heavy atom. The van der Waals surface area contributed by atoms with Gasteiger partial charge in [-0.1, -0.05) is 17.7 Å². The van der Waals surface area contributed by atoms with Crippen LogP contribution in [0.25, 0.3) is 0 Å². The number of fused-ring (bicyclic) bond motifs is 3. The Bertz CT molecular complexity index is 477. The molecule has 3 aliphatic heterocycles. The minimum atomic E-state index is -0.592. The van der Waals surface area contributed by atoms with Crippen LogP contribution in [0.3, 0.4) is 0 Å². The van der Waals surface area contributed by atoms with Crippen molar-refractivity contribution in [2.24, 2.45) is 11.7 Å². The molecule has 0 saturated carbocycles. The summed E-state index contributed by atoms with van der Waals surface area (Å²) in [4.78, 5) is 14.4. The molecule has 1 unspecified atom stereocenters. The molecule has 19 heavy (non-hydrogen) atoms. The third-order valence-corrected chi connectivity index (χ3v) is 4.62. The Morgan fingerprint density at radius 2 is 1.95 bits per heavy atom. The number of rotatable bonds is 3. The third kappa shape index (κ3) is 2.10. The summed E-state index contributed by atoms with van der Waals surface area (Å²) >= 11 is 0. The van der Waals surface area contributed by atoms with Gasteiger partial charge in [0.1, 0.15) is 5.54 Å². The van der Waals surface area contributed by atoms with Gasteiger partial charge in [-0.15, -0.1) is 0 Å². The van der Waals surface area contributed by atoms with Crippen LogP contribution in [0.1, 0.15) is 18.4 Å². The highest BCUT2D eigenvalue weighted by atomic mass is 16.1. The molecule has 3 aliphatic rings. The van der Waals surface area contributed by atoms with Crippen LogP contribution in [-0.4, -0.2) is 36.0 Å². The number of hydrogen-bond donors (Lipinski definition) is 2. The summed E-state index contributed by atoms with van der Waals surface area (Å²) in [6, 6.07) is 8.16. The van der Waals surface area contributed by atoms with Crippen molar-refractivity contribution in [1.29, 1.82) is 0 Å². The van der Waals surface area contributed by atoms with Crippen molar-refractivity contribution in [1.82, 2.24) is 4.90 Å². The molecule has 1 aromatic rings. The average molecular weight is 259 g/mol. The number of aryl methyl sites for hydroxylation is 1. The number of nitrogens with two attached hydrogens (primary N) is 1. The highest BCUT2D eigenvalue weighted by Crippen LogP contribution is 2.37. The first-order chi connectivity index (χ1) is 9.10. The molecule has 1 aromatic carbocycles. The molecule has 3 fully saturated rings. The van der Waals surface area contributed by atoms with Crippen molar-refractivity contribution < 1.29 is 4.79 Å². The number of anilines is 1. The van der Waals surface area contributed by atoms with E-state index < -0.39 is 5.54 Å². The summed E-state index contributed by atoms with van der Waals surface area (Å²) in [7, 11) is 0. The van der Waals surface area contributed by atoms with Gasteiger partial charge in [0.15, 0.2) is 0 Å². The molecular formula is C15H21N3O. The first-order valence-corrected chi connectivity index (χ1v) is 6.97. The predicted molar refractivity (Wildman–Crippen MR) is 75.9 cm³/mol. The maximum absolute atomic E-state index is 12.1. The van der Waals surface area contributed by atoms with Gasteiger partial charge in [-0.05, 0) is 50.9 Å². The lowest BCUT2D eigenvalue weighted by Crippen LogP contribution is -2.68. The first-order valence-electron chi connectivity index (χ1n) is 6.97. The molecule has 3 heterocycles. The number of benzene rings is 1. The van der Waals surface area contributed by atoms with Gasteiger partial charge in [0.05, 0.1) is 0 Å². The fraction of sp³-hybridized carbons (Fsp3) is 0.533. The number of nitrogens with one attached hydrogen (secondary N) is 1. The van der Waals surface area contributed by atoms with Crippen LogP contribution in [-0.2, 0) is 4.79 Å². The summed E-state index contributed by atoms with van der Waals surface area (Å²) in [6.45, 7) is 4.98. The fourth-order valence-electron chi connectivity index (χ4n) is 3.44. The fourth-order valence-corrected chi connectivity index (χ4v) is 3.44. The van der Waals surface area contributed by atoms with Crippen molar-refractivity contribution in [2.75, 3.05) is 25.0 Å². The minimum Gasteiger partial charge on any atom is -0.370 e. The van der Waals surface area contributed by atoms with Crippen LogP contribution in [0, 0.1) is 12.8 Å². The SMILES string of the molecule is Cc1ccc(NC2(C(N)=O)CN3CCC2CC3)cc1. The van der Waals surface area contributed by atoms with E-state index in [0.29, 0.717) is 5.92 Å². The highest BCUT2D eigenvalue weighted by Gasteiger charge is 2.50. The second kappa shape index (κ2) is 4.53. The van der Waals surface area contributed by atoms with Crippen molar-refractivity contribution >= 4 is 11.6 Å². The normalized spacial score (nSPS) is 33.1. The zero-order valence-electron chi connectivity index (χ0n) is 11.4. The molecule has 2 bridgehead atoms. The molecule has 4 heteroatoms. The monoisotopic (exact) mass is 259 g/mol. The molecule has 0 aromatic heterocycles. The molecule has 1 atom stereocenters. The van der Waals surface area contributed by atoms with Gasteiger partial charge in [-0.3, -0.25) is 4.79 Å². The second-order valence-corrected chi connectivity index (χ2v) is 5.88. The molecular weight excluding hydrogens is 238 g/mol. The zero-order chi connectivity index (χ0) is 13.5. The summed E-state index contributed by atoms with van der Waals surface area (Å²) in [5.74, 6) is 0.138. The summed E-state index contributed by atoms with van der Waals surface area (Å²) in [6.07, 6.45) is 2.11. The first kappa shape index (κ1) is 12.5. The van der Waals surface area contributed by atoms with E-state index in [4.69, 9.17) is 5.73 Å². The topological polar surface area (TPSA) is 58.4 Å². The molecule has 4 rings (SSSR count). The van der Waals surface area contributed by atoms with Crippen molar-refractivity contribution in [3.63, 3.8) is 0 Å². The minimum absolute atomic E-state index is 0.220. The molecule has 3 N–H and O–H groups in total. The lowest BCUT2D eigenvalue weighted by atomic mass is 9.72. The Kier molecular flexibility index (Phi) is 2.97. The average Bonchev–Trinajstić information content (AvgIpc) is 2.42. The molecule has 1 amide bonds. The van der Waals surface area contributed by atoms with Crippen molar-refractivity contribution in [3.05, 3.63) is 29.8 Å². The van der Waals surface area contributed by atoms with Crippen LogP contribution in [0.15, 0.2) is 24.3 Å². The number of hydrogen-bond acceptors (Lipinski definition) is 3. The van der Waals surface area contributed by atoms with Crippen molar-refractivity contribution in [2.45, 2.75) is 25.3 Å². The Hall–Kier alpha value is -1.55. The van der Waals surface area contributed by atoms with Crippen molar-refractivity contribution in [3.8, 4) is 0 Å². The Morgan fingerprint density at radius 1 is 1.32 bits per heavy atom. The van der Waals surface area contributed by atoms with Gasteiger partial charge >= 0.3 is 0 Å². The van der Waals surface area contributed by atoms with E-state index in [-0.39, 0.29) is 5.91 Å². The molecule has 3 saturated heterocycles. The quantitative estimate of drug-likeness (QED) is 0.861. The molecule has 0 radical (unpaired) electrons. The van der Waals surface area contributed by atoms with Gasteiger partial charge in [-0.25, -0.2) is 0 Å². The number of carbonyl (C=O) groups excluding carboxylic acids is 1. The van der Waals surface area contributed by atoms with E-state index in [1.807, 2.05) is 12.1 Å². The molecule has 4 nitrogen and oxygen atoms in total. The maximum Gasteiger partial charge on any atom is 0.244 e. The molecule has 0 spiro atoms. The third-order valence-electron chi connectivity index (χ3n) is 4.62. The van der Waals surface area contributed by atoms with Gasteiger partial charge in [0.25, 0.3) is 0 Å². The van der Waals surface area contributed by atoms with E-state index in [1.165, 1.54) is 5.56 Å². The van der Waals surface area contributed by atoms with E-state index in [2.05, 4.69) is 29.3 Å². The van der Waals surface area contributed by atoms with E-state index in [9.17, 15) is 4.79 Å². The largest absolute Gasteiger partial charge is 0.370 e. The number of nitrogens with zero attached hydrogens (tertiary/aromatic N) is 1. The number of amides is 1. The van der Waals surface area contributed by atoms with Crippen LogP contribution in [0.5, 0.6) is 0 Å². The molecule has 102 valence electrons. The number of piperidine rings is 3.